The van der Waals surface area contributed by atoms with Gasteiger partial charge in [-0.2, -0.15) is 0 Å². The van der Waals surface area contributed by atoms with Crippen LogP contribution in [0.2, 0.25) is 0 Å². The lowest BCUT2D eigenvalue weighted by atomic mass is 10.1. The Labute approximate surface area is 94.5 Å². The van der Waals surface area contributed by atoms with E-state index < -0.39 is 6.43 Å². The Hall–Kier alpha value is -2.24. The molecule has 86 valence electrons. The topological polar surface area (TPSA) is 43.3 Å². The van der Waals surface area contributed by atoms with E-state index in [4.69, 9.17) is 4.42 Å². The molecule has 3 aromatic rings. The Kier molecular flexibility index (Phi) is 2.14. The van der Waals surface area contributed by atoms with E-state index in [1.807, 2.05) is 0 Å². The molecule has 17 heavy (non-hydrogen) atoms. The number of halogens is 2. The van der Waals surface area contributed by atoms with Gasteiger partial charge in [0.05, 0.1) is 11.8 Å². The van der Waals surface area contributed by atoms with Crippen molar-refractivity contribution in [3.63, 3.8) is 0 Å². The quantitative estimate of drug-likeness (QED) is 0.685. The molecule has 0 atom stereocenters. The van der Waals surface area contributed by atoms with Gasteiger partial charge in [-0.15, -0.1) is 0 Å². The van der Waals surface area contributed by atoms with Gasteiger partial charge in [-0.1, -0.05) is 0 Å². The second kappa shape index (κ2) is 3.65. The summed E-state index contributed by atoms with van der Waals surface area (Å²) in [6.45, 7) is 0. The van der Waals surface area contributed by atoms with Crippen molar-refractivity contribution in [3.05, 3.63) is 42.8 Å². The molecule has 0 fully saturated rings. The van der Waals surface area contributed by atoms with Gasteiger partial charge in [0, 0.05) is 24.2 Å². The smallest absolute Gasteiger partial charge is 0.265 e. The molecule has 0 saturated carbocycles. The van der Waals surface area contributed by atoms with Crippen molar-refractivity contribution in [2.24, 2.45) is 0 Å². The van der Waals surface area contributed by atoms with Gasteiger partial charge in [-0.25, -0.2) is 18.7 Å². The van der Waals surface area contributed by atoms with Crippen LogP contribution in [0.5, 0.6) is 0 Å². The van der Waals surface area contributed by atoms with E-state index in [1.54, 1.807) is 16.8 Å². The highest BCUT2D eigenvalue weighted by Crippen LogP contribution is 2.28. The van der Waals surface area contributed by atoms with Gasteiger partial charge in [0.15, 0.2) is 12.2 Å². The zero-order chi connectivity index (χ0) is 11.8. The number of fused-ring (bicyclic) bond motifs is 1. The Morgan fingerprint density at radius 2 is 2.24 bits per heavy atom. The number of pyridine rings is 1. The van der Waals surface area contributed by atoms with Crippen LogP contribution in [0.25, 0.3) is 17.0 Å². The fourth-order valence-electron chi connectivity index (χ4n) is 1.70. The molecule has 0 saturated heterocycles. The molecule has 0 spiro atoms. The van der Waals surface area contributed by atoms with Crippen LogP contribution in [0.4, 0.5) is 8.78 Å². The number of nitrogens with zero attached hydrogens (tertiary/aromatic N) is 3. The lowest BCUT2D eigenvalue weighted by molar-refractivity contribution is 0.151. The van der Waals surface area contributed by atoms with Crippen molar-refractivity contribution in [1.29, 1.82) is 0 Å². The molecule has 0 unspecified atom stereocenters. The van der Waals surface area contributed by atoms with Crippen LogP contribution in [0.15, 0.2) is 41.7 Å². The van der Waals surface area contributed by atoms with Gasteiger partial charge in [-0.05, 0) is 6.07 Å². The lowest BCUT2D eigenvalue weighted by Gasteiger charge is -2.05. The SMILES string of the molecule is FC(F)c1cc(-c2cnco2)c2nccn2c1. The number of imidazole rings is 1. The van der Waals surface area contributed by atoms with Gasteiger partial charge in [0.2, 0.25) is 0 Å². The first-order valence-corrected chi connectivity index (χ1v) is 4.89. The largest absolute Gasteiger partial charge is 0.443 e. The van der Waals surface area contributed by atoms with Crippen molar-refractivity contribution in [1.82, 2.24) is 14.4 Å². The molecule has 0 amide bonds. The Balaban J connectivity index is 2.31. The zero-order valence-electron chi connectivity index (χ0n) is 8.55. The molecule has 3 heterocycles. The van der Waals surface area contributed by atoms with Crippen LogP contribution in [0.1, 0.15) is 12.0 Å². The molecule has 0 aliphatic carbocycles. The van der Waals surface area contributed by atoms with Crippen molar-refractivity contribution < 1.29 is 13.2 Å². The standard InChI is InChI=1S/C11H7F2N3O/c12-10(13)7-3-8(9-4-14-6-17-9)11-15-1-2-16(11)5-7/h1-6,10H. The third kappa shape index (κ3) is 1.57. The van der Waals surface area contributed by atoms with Crippen LogP contribution >= 0.6 is 0 Å². The minimum Gasteiger partial charge on any atom is -0.443 e. The molecule has 0 bridgehead atoms. The second-order valence-corrected chi connectivity index (χ2v) is 3.51. The molecular weight excluding hydrogens is 228 g/mol. The van der Waals surface area contributed by atoms with Crippen LogP contribution in [-0.2, 0) is 0 Å². The molecule has 0 aliphatic heterocycles. The third-order valence-corrected chi connectivity index (χ3v) is 2.46. The number of hydrogen-bond acceptors (Lipinski definition) is 3. The first-order chi connectivity index (χ1) is 8.25. The minimum absolute atomic E-state index is 0.0816. The molecule has 0 N–H and O–H groups in total. The van der Waals surface area contributed by atoms with Crippen LogP contribution in [0, 0.1) is 0 Å². The lowest BCUT2D eigenvalue weighted by Crippen LogP contribution is -1.93. The second-order valence-electron chi connectivity index (χ2n) is 3.51. The highest BCUT2D eigenvalue weighted by Gasteiger charge is 2.15. The van der Waals surface area contributed by atoms with Gasteiger partial charge in [0.1, 0.15) is 5.65 Å². The Morgan fingerprint density at radius 3 is 2.94 bits per heavy atom. The van der Waals surface area contributed by atoms with Crippen molar-refractivity contribution in [2.45, 2.75) is 6.43 Å². The summed E-state index contributed by atoms with van der Waals surface area (Å²) in [5, 5.41) is 0. The van der Waals surface area contributed by atoms with Gasteiger partial charge < -0.3 is 8.82 Å². The monoisotopic (exact) mass is 235 g/mol. The zero-order valence-corrected chi connectivity index (χ0v) is 8.55. The van der Waals surface area contributed by atoms with E-state index in [1.165, 1.54) is 24.9 Å². The summed E-state index contributed by atoms with van der Waals surface area (Å²) in [6.07, 6.45) is 4.70. The Bertz CT molecular complexity index is 646. The summed E-state index contributed by atoms with van der Waals surface area (Å²) >= 11 is 0. The molecule has 4 nitrogen and oxygen atoms in total. The number of aromatic nitrogens is 3. The fraction of sp³-hybridized carbons (Fsp3) is 0.0909. The van der Waals surface area contributed by atoms with Crippen LogP contribution in [0.3, 0.4) is 0 Å². The van der Waals surface area contributed by atoms with Crippen LogP contribution < -0.4 is 0 Å². The highest BCUT2D eigenvalue weighted by molar-refractivity contribution is 5.74. The fourth-order valence-corrected chi connectivity index (χ4v) is 1.70. The molecule has 0 aliphatic rings. The van der Waals surface area contributed by atoms with E-state index in [0.717, 1.165) is 0 Å². The van der Waals surface area contributed by atoms with E-state index in [0.29, 0.717) is 17.0 Å². The maximum Gasteiger partial charge on any atom is 0.265 e. The predicted molar refractivity (Wildman–Crippen MR) is 55.6 cm³/mol. The number of hydrogen-bond donors (Lipinski definition) is 0. The molecule has 3 rings (SSSR count). The maximum atomic E-state index is 12.7. The third-order valence-electron chi connectivity index (χ3n) is 2.46. The number of rotatable bonds is 2. The summed E-state index contributed by atoms with van der Waals surface area (Å²) < 4.78 is 32.1. The van der Waals surface area contributed by atoms with Crippen molar-refractivity contribution in [2.75, 3.05) is 0 Å². The summed E-state index contributed by atoms with van der Waals surface area (Å²) in [5.41, 5.74) is 0.985. The first-order valence-electron chi connectivity index (χ1n) is 4.89. The first kappa shape index (κ1) is 9.95. The van der Waals surface area contributed by atoms with Gasteiger partial charge in [0.25, 0.3) is 6.43 Å². The summed E-state index contributed by atoms with van der Waals surface area (Å²) in [5.74, 6) is 0.420. The Morgan fingerprint density at radius 1 is 1.35 bits per heavy atom. The molecule has 3 aromatic heterocycles. The molecular formula is C11H7F2N3O. The summed E-state index contributed by atoms with van der Waals surface area (Å²) in [7, 11) is 0. The molecule has 6 heteroatoms. The van der Waals surface area contributed by atoms with E-state index >= 15 is 0 Å². The van der Waals surface area contributed by atoms with E-state index in [9.17, 15) is 8.78 Å². The predicted octanol–water partition coefficient (Wildman–Crippen LogP) is 2.93. The van der Waals surface area contributed by atoms with Crippen molar-refractivity contribution in [3.8, 4) is 11.3 Å². The van der Waals surface area contributed by atoms with E-state index in [-0.39, 0.29) is 5.56 Å². The normalized spacial score (nSPS) is 11.5. The maximum absolute atomic E-state index is 12.7. The van der Waals surface area contributed by atoms with Crippen LogP contribution in [-0.4, -0.2) is 14.4 Å². The summed E-state index contributed by atoms with van der Waals surface area (Å²) in [6, 6.07) is 1.37. The van der Waals surface area contributed by atoms with Gasteiger partial charge in [-0.3, -0.25) is 0 Å². The van der Waals surface area contributed by atoms with Gasteiger partial charge >= 0.3 is 0 Å². The summed E-state index contributed by atoms with van der Waals surface area (Å²) in [4.78, 5) is 7.88. The molecule has 0 aromatic carbocycles. The van der Waals surface area contributed by atoms with Crippen molar-refractivity contribution >= 4 is 5.65 Å². The highest BCUT2D eigenvalue weighted by atomic mass is 19.3. The number of alkyl halides is 2. The average molecular weight is 235 g/mol. The van der Waals surface area contributed by atoms with E-state index in [2.05, 4.69) is 9.97 Å². The minimum atomic E-state index is -2.54. The number of oxazole rings is 1. The average Bonchev–Trinajstić information content (AvgIpc) is 2.98. The molecule has 0 radical (unpaired) electrons.